The molecule has 1 aliphatic heterocycles. The van der Waals surface area contributed by atoms with Crippen LogP contribution in [0.25, 0.3) is 0 Å². The van der Waals surface area contributed by atoms with E-state index in [2.05, 4.69) is 88.7 Å². The maximum atomic E-state index is 4.48. The van der Waals surface area contributed by atoms with Gasteiger partial charge < -0.3 is 4.90 Å². The Kier molecular flexibility index (Phi) is 6.49. The van der Waals surface area contributed by atoms with Crippen molar-refractivity contribution in [3.8, 4) is 0 Å². The molecule has 3 aromatic rings. The van der Waals surface area contributed by atoms with Crippen molar-refractivity contribution >= 4 is 17.0 Å². The van der Waals surface area contributed by atoms with Crippen molar-refractivity contribution in [2.24, 2.45) is 5.92 Å². The van der Waals surface area contributed by atoms with E-state index in [-0.39, 0.29) is 6.04 Å². The number of benzene rings is 1. The molecule has 30 heavy (non-hydrogen) atoms. The monoisotopic (exact) mass is 424 g/mol. The number of rotatable bonds is 7. The lowest BCUT2D eigenvalue weighted by atomic mass is 10.0. The smallest absolute Gasteiger partial charge is 0.168 e. The molecule has 3 heterocycles. The van der Waals surface area contributed by atoms with Crippen LogP contribution in [-0.2, 0) is 6.54 Å². The van der Waals surface area contributed by atoms with Gasteiger partial charge in [-0.05, 0) is 65.3 Å². The molecule has 0 radical (unpaired) electrons. The lowest BCUT2D eigenvalue weighted by molar-refractivity contribution is 0.153. The number of tetrazole rings is 1. The number of hydrogen-bond acceptors (Lipinski definition) is 6. The summed E-state index contributed by atoms with van der Waals surface area (Å²) in [5.41, 5.74) is 4.13. The second-order valence-electron chi connectivity index (χ2n) is 8.66. The van der Waals surface area contributed by atoms with E-state index in [9.17, 15) is 0 Å². The summed E-state index contributed by atoms with van der Waals surface area (Å²) >= 11 is 1.75. The largest absolute Gasteiger partial charge is 0.369 e. The maximum absolute atomic E-state index is 4.48. The molecule has 0 unspecified atom stereocenters. The van der Waals surface area contributed by atoms with Crippen molar-refractivity contribution in [2.75, 3.05) is 31.1 Å². The summed E-state index contributed by atoms with van der Waals surface area (Å²) in [6.45, 7) is 13.9. The number of nitrogens with zero attached hydrogens (tertiary/aromatic N) is 6. The summed E-state index contributed by atoms with van der Waals surface area (Å²) in [5.74, 6) is 1.58. The van der Waals surface area contributed by atoms with Gasteiger partial charge in [-0.25, -0.2) is 4.68 Å². The van der Waals surface area contributed by atoms with Crippen molar-refractivity contribution in [1.82, 2.24) is 25.1 Å². The second kappa shape index (κ2) is 9.27. The van der Waals surface area contributed by atoms with Crippen LogP contribution in [0.1, 0.15) is 48.1 Å². The molecule has 2 aromatic heterocycles. The third kappa shape index (κ3) is 4.57. The van der Waals surface area contributed by atoms with Crippen molar-refractivity contribution in [2.45, 2.75) is 46.7 Å². The zero-order valence-corrected chi connectivity index (χ0v) is 19.3. The molecule has 160 valence electrons. The lowest BCUT2D eigenvalue weighted by Crippen LogP contribution is -2.48. The van der Waals surface area contributed by atoms with Gasteiger partial charge in [0.2, 0.25) is 0 Å². The van der Waals surface area contributed by atoms with E-state index in [1.54, 1.807) is 11.3 Å². The molecule has 1 aromatic carbocycles. The quantitative estimate of drug-likeness (QED) is 0.566. The molecule has 7 heteroatoms. The predicted octanol–water partition coefficient (Wildman–Crippen LogP) is 4.31. The Balaban J connectivity index is 1.51. The van der Waals surface area contributed by atoms with Crippen LogP contribution in [0.3, 0.4) is 0 Å². The van der Waals surface area contributed by atoms with Crippen LogP contribution < -0.4 is 4.90 Å². The SMILES string of the molecule is Cc1cccc(N2CCN([C@@H](CC(C)C)c3nnnn3Cc3cccs3)CC2)c1C. The highest BCUT2D eigenvalue weighted by Gasteiger charge is 2.30. The Morgan fingerprint density at radius 1 is 1.03 bits per heavy atom. The molecule has 4 rings (SSSR count). The zero-order valence-electron chi connectivity index (χ0n) is 18.5. The Bertz CT molecular complexity index is 941. The Morgan fingerprint density at radius 2 is 1.83 bits per heavy atom. The van der Waals surface area contributed by atoms with Crippen LogP contribution in [0.2, 0.25) is 0 Å². The summed E-state index contributed by atoms with van der Waals surface area (Å²) in [6.07, 6.45) is 1.06. The van der Waals surface area contributed by atoms with Crippen LogP contribution in [0.15, 0.2) is 35.7 Å². The average Bonchev–Trinajstić information content (AvgIpc) is 3.41. The lowest BCUT2D eigenvalue weighted by Gasteiger charge is -2.40. The zero-order chi connectivity index (χ0) is 21.1. The van der Waals surface area contributed by atoms with Gasteiger partial charge in [0.15, 0.2) is 5.82 Å². The Hall–Kier alpha value is -2.25. The van der Waals surface area contributed by atoms with Gasteiger partial charge in [-0.15, -0.1) is 16.4 Å². The van der Waals surface area contributed by atoms with Crippen LogP contribution in [0.4, 0.5) is 5.69 Å². The number of piperazine rings is 1. The molecule has 6 nitrogen and oxygen atoms in total. The van der Waals surface area contributed by atoms with E-state index in [0.717, 1.165) is 45.0 Å². The molecular formula is C23H32N6S. The topological polar surface area (TPSA) is 50.1 Å². The number of aryl methyl sites for hydroxylation is 1. The average molecular weight is 425 g/mol. The minimum Gasteiger partial charge on any atom is -0.369 e. The van der Waals surface area contributed by atoms with Crippen LogP contribution >= 0.6 is 11.3 Å². The van der Waals surface area contributed by atoms with Crippen LogP contribution in [0.5, 0.6) is 0 Å². The minimum atomic E-state index is 0.251. The minimum absolute atomic E-state index is 0.251. The predicted molar refractivity (Wildman–Crippen MR) is 123 cm³/mol. The standard InChI is InChI=1S/C23H32N6S/c1-17(2)15-22(23-24-25-26-29(23)16-20-8-6-14-30-20)28-12-10-27(11-13-28)21-9-5-7-18(3)19(21)4/h5-9,14,17,22H,10-13,15-16H2,1-4H3/t22-/m0/s1. The van der Waals surface area contributed by atoms with Crippen LogP contribution in [-0.4, -0.2) is 51.3 Å². The van der Waals surface area contributed by atoms with E-state index < -0.39 is 0 Å². The third-order valence-electron chi connectivity index (χ3n) is 6.11. The van der Waals surface area contributed by atoms with Crippen molar-refractivity contribution < 1.29 is 0 Å². The van der Waals surface area contributed by atoms with Crippen molar-refractivity contribution in [1.29, 1.82) is 0 Å². The van der Waals surface area contributed by atoms with Crippen LogP contribution in [0, 0.1) is 19.8 Å². The fourth-order valence-corrected chi connectivity index (χ4v) is 5.02. The highest BCUT2D eigenvalue weighted by atomic mass is 32.1. The van der Waals surface area contributed by atoms with Gasteiger partial charge >= 0.3 is 0 Å². The number of anilines is 1. The van der Waals surface area contributed by atoms with E-state index in [1.807, 2.05) is 4.68 Å². The maximum Gasteiger partial charge on any atom is 0.168 e. The summed E-state index contributed by atoms with van der Waals surface area (Å²) in [6, 6.07) is 11.1. The summed E-state index contributed by atoms with van der Waals surface area (Å²) < 4.78 is 2.00. The normalized spacial score (nSPS) is 16.4. The number of thiophene rings is 1. The third-order valence-corrected chi connectivity index (χ3v) is 6.97. The molecule has 0 aliphatic carbocycles. The van der Waals surface area contributed by atoms with Crippen molar-refractivity contribution in [3.05, 3.63) is 57.5 Å². The number of aromatic nitrogens is 4. The fourth-order valence-electron chi connectivity index (χ4n) is 4.33. The van der Waals surface area contributed by atoms with Gasteiger partial charge in [0.05, 0.1) is 12.6 Å². The van der Waals surface area contributed by atoms with E-state index in [1.165, 1.54) is 21.7 Å². The molecule has 1 aliphatic rings. The molecule has 0 spiro atoms. The van der Waals surface area contributed by atoms with Gasteiger partial charge in [-0.2, -0.15) is 0 Å². The molecule has 1 fully saturated rings. The van der Waals surface area contributed by atoms with Crippen molar-refractivity contribution in [3.63, 3.8) is 0 Å². The molecular weight excluding hydrogens is 392 g/mol. The van der Waals surface area contributed by atoms with Gasteiger partial charge in [-0.1, -0.05) is 32.0 Å². The fraction of sp³-hybridized carbons (Fsp3) is 0.522. The molecule has 1 saturated heterocycles. The first-order valence-corrected chi connectivity index (χ1v) is 11.7. The van der Waals surface area contributed by atoms with E-state index in [4.69, 9.17) is 0 Å². The molecule has 0 N–H and O–H groups in total. The van der Waals surface area contributed by atoms with Gasteiger partial charge in [-0.3, -0.25) is 4.90 Å². The molecule has 0 saturated carbocycles. The Labute approximate surface area is 183 Å². The molecule has 0 amide bonds. The first-order chi connectivity index (χ1) is 14.5. The highest BCUT2D eigenvalue weighted by molar-refractivity contribution is 7.09. The Morgan fingerprint density at radius 3 is 2.53 bits per heavy atom. The summed E-state index contributed by atoms with van der Waals surface area (Å²) in [4.78, 5) is 6.39. The first-order valence-electron chi connectivity index (χ1n) is 10.9. The molecule has 0 bridgehead atoms. The molecule has 1 atom stereocenters. The van der Waals surface area contributed by atoms with Gasteiger partial charge in [0, 0.05) is 36.7 Å². The highest BCUT2D eigenvalue weighted by Crippen LogP contribution is 2.30. The summed E-state index contributed by atoms with van der Waals surface area (Å²) in [7, 11) is 0. The van der Waals surface area contributed by atoms with E-state index in [0.29, 0.717) is 5.92 Å². The number of hydrogen-bond donors (Lipinski definition) is 0. The van der Waals surface area contributed by atoms with Gasteiger partial charge in [0.1, 0.15) is 0 Å². The second-order valence-corrected chi connectivity index (χ2v) is 9.69. The summed E-state index contributed by atoms with van der Waals surface area (Å²) in [5, 5.41) is 15.0. The van der Waals surface area contributed by atoms with Gasteiger partial charge in [0.25, 0.3) is 0 Å². The van der Waals surface area contributed by atoms with E-state index >= 15 is 0 Å². The first kappa shape index (κ1) is 21.0.